The highest BCUT2D eigenvalue weighted by molar-refractivity contribution is 5.88. The van der Waals surface area contributed by atoms with E-state index in [0.29, 0.717) is 24.2 Å². The van der Waals surface area contributed by atoms with E-state index >= 15 is 0 Å². The van der Waals surface area contributed by atoms with Gasteiger partial charge in [0.15, 0.2) is 5.78 Å². The SMILES string of the molecule is COC(=O)N[C@H](C(=O)C[C@H]1C[C@@H]1C(C)C)C(C)C. The fourth-order valence-electron chi connectivity index (χ4n) is 2.51. The molecule has 0 aromatic rings. The molecule has 0 aromatic carbocycles. The fraction of sp³-hybridized carbons (Fsp3) is 0.857. The number of amides is 1. The molecule has 1 aliphatic rings. The molecule has 0 heterocycles. The summed E-state index contributed by atoms with van der Waals surface area (Å²) in [5.74, 6) is 2.06. The van der Waals surface area contributed by atoms with Gasteiger partial charge in [-0.25, -0.2) is 4.79 Å². The van der Waals surface area contributed by atoms with Gasteiger partial charge in [-0.05, 0) is 30.1 Å². The number of alkyl carbamates (subject to hydrolysis) is 1. The number of nitrogens with one attached hydrogen (secondary N) is 1. The monoisotopic (exact) mass is 255 g/mol. The van der Waals surface area contributed by atoms with Crippen molar-refractivity contribution in [3.63, 3.8) is 0 Å². The minimum absolute atomic E-state index is 0.0906. The van der Waals surface area contributed by atoms with Crippen molar-refractivity contribution < 1.29 is 14.3 Å². The highest BCUT2D eigenvalue weighted by Crippen LogP contribution is 2.46. The molecule has 0 unspecified atom stereocenters. The number of methoxy groups -OCH3 is 1. The van der Waals surface area contributed by atoms with Crippen molar-refractivity contribution in [1.82, 2.24) is 5.32 Å². The Kier molecular flexibility index (Phi) is 5.17. The number of Topliss-reactive ketones (excluding diaryl/α,β-unsaturated/α-hetero) is 1. The first-order chi connectivity index (χ1) is 8.36. The van der Waals surface area contributed by atoms with Gasteiger partial charge in [-0.15, -0.1) is 0 Å². The van der Waals surface area contributed by atoms with E-state index in [0.717, 1.165) is 6.42 Å². The number of carbonyl (C=O) groups excluding carboxylic acids is 2. The number of carbonyl (C=O) groups is 2. The quantitative estimate of drug-likeness (QED) is 0.793. The predicted octanol–water partition coefficient (Wildman–Crippen LogP) is 2.62. The Morgan fingerprint density at radius 3 is 2.28 bits per heavy atom. The van der Waals surface area contributed by atoms with E-state index in [4.69, 9.17) is 0 Å². The molecule has 3 atom stereocenters. The summed E-state index contributed by atoms with van der Waals surface area (Å²) in [6, 6.07) is -0.425. The topological polar surface area (TPSA) is 55.4 Å². The van der Waals surface area contributed by atoms with E-state index in [2.05, 4.69) is 23.9 Å². The highest BCUT2D eigenvalue weighted by atomic mass is 16.5. The van der Waals surface area contributed by atoms with Crippen molar-refractivity contribution in [2.75, 3.05) is 7.11 Å². The van der Waals surface area contributed by atoms with Crippen LogP contribution in [0.15, 0.2) is 0 Å². The lowest BCUT2D eigenvalue weighted by Gasteiger charge is -2.20. The smallest absolute Gasteiger partial charge is 0.407 e. The lowest BCUT2D eigenvalue weighted by Crippen LogP contribution is -2.44. The van der Waals surface area contributed by atoms with Crippen LogP contribution in [0.25, 0.3) is 0 Å². The molecule has 1 rings (SSSR count). The zero-order chi connectivity index (χ0) is 13.9. The number of ketones is 1. The second-order valence-corrected chi connectivity index (χ2v) is 5.93. The Bertz CT molecular complexity index is 312. The minimum Gasteiger partial charge on any atom is -0.453 e. The fourth-order valence-corrected chi connectivity index (χ4v) is 2.51. The van der Waals surface area contributed by atoms with E-state index in [1.807, 2.05) is 13.8 Å². The molecule has 1 N–H and O–H groups in total. The standard InChI is InChI=1S/C14H25NO3/c1-8(2)11-6-10(11)7-12(16)13(9(3)4)15-14(17)18-5/h8-11,13H,6-7H2,1-5H3,(H,15,17)/t10-,11-,13+/m1/s1. The number of rotatable bonds is 6. The molecule has 0 spiro atoms. The van der Waals surface area contributed by atoms with Crippen LogP contribution >= 0.6 is 0 Å². The molecule has 1 amide bonds. The summed E-state index contributed by atoms with van der Waals surface area (Å²) in [4.78, 5) is 23.4. The summed E-state index contributed by atoms with van der Waals surface area (Å²) in [5, 5.41) is 2.63. The van der Waals surface area contributed by atoms with Crippen LogP contribution in [0.5, 0.6) is 0 Å². The van der Waals surface area contributed by atoms with Crippen LogP contribution in [0.3, 0.4) is 0 Å². The maximum atomic E-state index is 12.2. The van der Waals surface area contributed by atoms with Crippen molar-refractivity contribution in [3.8, 4) is 0 Å². The van der Waals surface area contributed by atoms with Crippen molar-refractivity contribution in [1.29, 1.82) is 0 Å². The first-order valence-corrected chi connectivity index (χ1v) is 6.74. The van der Waals surface area contributed by atoms with Gasteiger partial charge in [0, 0.05) is 6.42 Å². The maximum Gasteiger partial charge on any atom is 0.407 e. The van der Waals surface area contributed by atoms with E-state index in [1.54, 1.807) is 0 Å². The number of hydrogen-bond donors (Lipinski definition) is 1. The van der Waals surface area contributed by atoms with Gasteiger partial charge in [-0.1, -0.05) is 27.7 Å². The molecule has 104 valence electrons. The Morgan fingerprint density at radius 2 is 1.89 bits per heavy atom. The second-order valence-electron chi connectivity index (χ2n) is 5.93. The highest BCUT2D eigenvalue weighted by Gasteiger charge is 2.41. The van der Waals surface area contributed by atoms with Crippen LogP contribution in [0, 0.1) is 23.7 Å². The molecule has 4 nitrogen and oxygen atoms in total. The molecule has 0 bridgehead atoms. The van der Waals surface area contributed by atoms with Crippen LogP contribution in [-0.2, 0) is 9.53 Å². The third-order valence-corrected chi connectivity index (χ3v) is 3.77. The van der Waals surface area contributed by atoms with Crippen LogP contribution in [0.4, 0.5) is 4.79 Å². The van der Waals surface area contributed by atoms with Crippen molar-refractivity contribution in [2.45, 2.75) is 46.6 Å². The maximum absolute atomic E-state index is 12.2. The summed E-state index contributed by atoms with van der Waals surface area (Å²) in [5.41, 5.74) is 0. The molecule has 0 aliphatic heterocycles. The van der Waals surface area contributed by atoms with Gasteiger partial charge >= 0.3 is 6.09 Å². The molecular weight excluding hydrogens is 230 g/mol. The molecule has 0 aromatic heterocycles. The molecule has 1 aliphatic carbocycles. The van der Waals surface area contributed by atoms with Crippen LogP contribution in [-0.4, -0.2) is 25.0 Å². The van der Waals surface area contributed by atoms with Crippen LogP contribution < -0.4 is 5.32 Å². The third kappa shape index (κ3) is 4.00. The molecule has 4 heteroatoms. The van der Waals surface area contributed by atoms with E-state index < -0.39 is 12.1 Å². The second kappa shape index (κ2) is 6.21. The first kappa shape index (κ1) is 15.0. The van der Waals surface area contributed by atoms with Gasteiger partial charge in [0.2, 0.25) is 0 Å². The van der Waals surface area contributed by atoms with Gasteiger partial charge < -0.3 is 10.1 Å². The van der Waals surface area contributed by atoms with E-state index in [1.165, 1.54) is 7.11 Å². The molecule has 1 saturated carbocycles. The average molecular weight is 255 g/mol. The summed E-state index contributed by atoms with van der Waals surface area (Å²) in [7, 11) is 1.31. The van der Waals surface area contributed by atoms with Gasteiger partial charge in [-0.3, -0.25) is 4.79 Å². The molecule has 18 heavy (non-hydrogen) atoms. The Balaban J connectivity index is 2.48. The molecule has 1 fully saturated rings. The lowest BCUT2D eigenvalue weighted by molar-refractivity contribution is -0.122. The van der Waals surface area contributed by atoms with Gasteiger partial charge in [0.1, 0.15) is 0 Å². The minimum atomic E-state index is -0.529. The van der Waals surface area contributed by atoms with E-state index in [-0.39, 0.29) is 11.7 Å². The van der Waals surface area contributed by atoms with Gasteiger partial charge in [0.05, 0.1) is 13.2 Å². The first-order valence-electron chi connectivity index (χ1n) is 6.74. The van der Waals surface area contributed by atoms with Gasteiger partial charge in [-0.2, -0.15) is 0 Å². The Hall–Kier alpha value is -1.06. The van der Waals surface area contributed by atoms with Gasteiger partial charge in [0.25, 0.3) is 0 Å². The molecule has 0 saturated heterocycles. The predicted molar refractivity (Wildman–Crippen MR) is 70.2 cm³/mol. The summed E-state index contributed by atoms with van der Waals surface area (Å²) < 4.78 is 4.56. The number of hydrogen-bond acceptors (Lipinski definition) is 3. The Labute approximate surface area is 109 Å². The third-order valence-electron chi connectivity index (χ3n) is 3.77. The number of ether oxygens (including phenoxy) is 1. The average Bonchev–Trinajstić information content (AvgIpc) is 3.04. The molecular formula is C14H25NO3. The largest absolute Gasteiger partial charge is 0.453 e. The van der Waals surface area contributed by atoms with E-state index in [9.17, 15) is 9.59 Å². The Morgan fingerprint density at radius 1 is 1.28 bits per heavy atom. The normalized spacial score (nSPS) is 23.9. The summed E-state index contributed by atoms with van der Waals surface area (Å²) >= 11 is 0. The molecule has 0 radical (unpaired) electrons. The van der Waals surface area contributed by atoms with Crippen molar-refractivity contribution in [3.05, 3.63) is 0 Å². The van der Waals surface area contributed by atoms with Crippen LogP contribution in [0.1, 0.15) is 40.5 Å². The van der Waals surface area contributed by atoms with Crippen LogP contribution in [0.2, 0.25) is 0 Å². The van der Waals surface area contributed by atoms with Crippen molar-refractivity contribution in [2.24, 2.45) is 23.7 Å². The van der Waals surface area contributed by atoms with Crippen molar-refractivity contribution >= 4 is 11.9 Å². The zero-order valence-corrected chi connectivity index (χ0v) is 12.0. The summed E-state index contributed by atoms with van der Waals surface area (Å²) in [6.07, 6.45) is 1.19. The summed E-state index contributed by atoms with van der Waals surface area (Å²) in [6.45, 7) is 8.26. The lowest BCUT2D eigenvalue weighted by atomic mass is 9.95. The zero-order valence-electron chi connectivity index (χ0n) is 12.0.